The van der Waals surface area contributed by atoms with Crippen LogP contribution in [0, 0.1) is 0 Å². The molecular formula is C64H80N4O28S8. The Morgan fingerprint density at radius 1 is 0.462 bits per heavy atom. The molecule has 40 heteroatoms. The summed E-state index contributed by atoms with van der Waals surface area (Å²) in [6, 6.07) is 17.6. The van der Waals surface area contributed by atoms with Crippen LogP contribution in [0.5, 0.6) is 0 Å². The summed E-state index contributed by atoms with van der Waals surface area (Å²) in [6.45, 7) is 15.9. The number of hydrogen-bond acceptors (Lipinski definition) is 24. The molecule has 0 bridgehead atoms. The highest BCUT2D eigenvalue weighted by Gasteiger charge is 2.50. The zero-order valence-corrected chi connectivity index (χ0v) is 64.0. The number of benzene rings is 4. The number of carboxylic acids is 2. The molecule has 0 amide bonds. The number of unbranched alkanes of at least 4 members (excludes halogenated alkanes) is 4. The van der Waals surface area contributed by atoms with E-state index < -0.39 is 127 Å². The lowest BCUT2D eigenvalue weighted by Gasteiger charge is -2.27. The lowest BCUT2D eigenvalue weighted by Crippen LogP contribution is -2.29. The minimum atomic E-state index is -4.68. The second-order valence-corrected chi connectivity index (χ2v) is 35.8. The van der Waals surface area contributed by atoms with E-state index in [1.807, 2.05) is 63.5 Å². The van der Waals surface area contributed by atoms with Crippen molar-refractivity contribution in [2.24, 2.45) is 0 Å². The van der Waals surface area contributed by atoms with Gasteiger partial charge in [-0.05, 0) is 125 Å². The minimum absolute atomic E-state index is 0.0293. The first kappa shape index (κ1) is 87.1. The molecule has 0 radical (unpaired) electrons. The molecule has 4 heterocycles. The Labute approximate surface area is 607 Å². The predicted octanol–water partition coefficient (Wildman–Crippen LogP) is 6.74. The van der Waals surface area contributed by atoms with Gasteiger partial charge in [-0.15, -0.1) is 25.3 Å². The molecule has 4 aliphatic rings. The van der Waals surface area contributed by atoms with Gasteiger partial charge in [-0.2, -0.15) is 42.8 Å². The van der Waals surface area contributed by atoms with Gasteiger partial charge in [0.05, 0.1) is 46.4 Å². The second-order valence-electron chi connectivity index (χ2n) is 26.3. The number of carboxylic acid groups (broad SMARTS) is 2. The molecule has 0 unspecified atom stereocenters. The van der Waals surface area contributed by atoms with Gasteiger partial charge < -0.3 is 29.1 Å². The SMILES string of the molecule is CC1(C)C(/C=C/C=C2/N(CCCCCC(=O)O)c3ccc(S(=O)(=O)O)cc3C2(C)C)=[N+](CCCS(=O)(=O)[O-])c2c1cccc2S(=O)(=O)O.CC1(C)C(/C=C/C=C2/N(CCCCCC(=O)O)c3ccc(S(=O)(=O)O)cc3C2(C)C)=[N+](CCCS(=O)(=O)[O-])c2cccc(S(=O)(=O)O)c21.O=S(=O)=O.O=S(=O)=O. The van der Waals surface area contributed by atoms with E-state index in [0.29, 0.717) is 91.0 Å². The van der Waals surface area contributed by atoms with E-state index in [1.54, 1.807) is 71.6 Å². The maximum absolute atomic E-state index is 12.4. The Morgan fingerprint density at radius 3 is 1.21 bits per heavy atom. The van der Waals surface area contributed by atoms with E-state index in [-0.39, 0.29) is 64.0 Å². The molecule has 32 nitrogen and oxygen atoms in total. The molecule has 8 rings (SSSR count). The van der Waals surface area contributed by atoms with Crippen LogP contribution < -0.4 is 9.80 Å². The highest BCUT2D eigenvalue weighted by molar-refractivity contribution is 7.87. The quantitative estimate of drug-likeness (QED) is 0.0195. The van der Waals surface area contributed by atoms with Gasteiger partial charge >= 0.3 is 43.3 Å². The third-order valence-electron chi connectivity index (χ3n) is 17.7. The molecule has 4 aliphatic heterocycles. The van der Waals surface area contributed by atoms with Crippen LogP contribution in [-0.2, 0) is 113 Å². The van der Waals surface area contributed by atoms with Crippen LogP contribution >= 0.6 is 0 Å². The number of allylic oxidation sites excluding steroid dienone is 8. The summed E-state index contributed by atoms with van der Waals surface area (Å²) in [6.07, 6.45) is 14.1. The fourth-order valence-corrected chi connectivity index (χ4v) is 16.7. The predicted molar refractivity (Wildman–Crippen MR) is 376 cm³/mol. The maximum atomic E-state index is 12.4. The van der Waals surface area contributed by atoms with Gasteiger partial charge in [0.15, 0.2) is 16.3 Å². The first-order valence-corrected chi connectivity index (χ1v) is 42.4. The Bertz CT molecular complexity index is 5160. The van der Waals surface area contributed by atoms with E-state index in [2.05, 4.69) is 0 Å². The van der Waals surface area contributed by atoms with Crippen molar-refractivity contribution in [2.75, 3.05) is 47.5 Å². The first-order valence-electron chi connectivity index (χ1n) is 31.5. The van der Waals surface area contributed by atoms with Crippen LogP contribution in [0.1, 0.15) is 142 Å². The van der Waals surface area contributed by atoms with Crippen molar-refractivity contribution >= 4 is 128 Å². The number of para-hydroxylation sites is 1. The van der Waals surface area contributed by atoms with Crippen LogP contribution in [0.15, 0.2) is 140 Å². The topological polar surface area (TPSA) is 521 Å². The van der Waals surface area contributed by atoms with Gasteiger partial charge in [0.1, 0.15) is 18.0 Å². The summed E-state index contributed by atoms with van der Waals surface area (Å²) < 4.78 is 259. The number of anilines is 2. The standard InChI is InChI=1S/2C32H40N2O11S3.2O3S/c1-31(2)23-21-22(47(40,41)42)16-17-24(23)33(18-7-5-6-15-29(35)36)27(31)13-9-14-28-32(3,4)30-25(11-8-12-26(30)48(43,44)45)34(28)19-10-20-46(37,38)39;1-31(2)23-11-8-12-26(48(43,44)45)30(23)34(19-10-20-46(37,38)39)28(31)14-9-13-27-32(3,4)24-21-22(47(40,41)42)16-17-25(24)33(27)18-7-5-6-15-29(35)36;2*1-4(2)3/h2*8-9,11-14,16-17,21H,5-7,10,15,18-20H2,1-4H3,(H3-,35,36,37,38,39,40,41,42,43,44,45);;. The van der Waals surface area contributed by atoms with Crippen molar-refractivity contribution in [3.8, 4) is 0 Å². The Balaban J connectivity index is 0.000000339. The lowest BCUT2D eigenvalue weighted by atomic mass is 9.81. The summed E-state index contributed by atoms with van der Waals surface area (Å²) in [5.41, 5.74) is 3.69. The average Bonchev–Trinajstić information content (AvgIpc) is 1.59. The van der Waals surface area contributed by atoms with Gasteiger partial charge in [-0.3, -0.25) is 27.8 Å². The number of fused-ring (bicyclic) bond motifs is 4. The number of carbonyl (C=O) groups is 2. The fraction of sp³-hybridized carbons (Fsp3) is 0.438. The summed E-state index contributed by atoms with van der Waals surface area (Å²) in [5, 5.41) is 18.0. The molecule has 0 saturated heterocycles. The normalized spacial score (nSPS) is 17.2. The van der Waals surface area contributed by atoms with Gasteiger partial charge in [-0.25, -0.2) is 16.8 Å². The minimum Gasteiger partial charge on any atom is -0.748 e. The van der Waals surface area contributed by atoms with Gasteiger partial charge in [0.25, 0.3) is 30.4 Å². The zero-order valence-electron chi connectivity index (χ0n) is 57.4. The highest BCUT2D eigenvalue weighted by Crippen LogP contribution is 2.51. The number of hydrogen-bond donors (Lipinski definition) is 6. The van der Waals surface area contributed by atoms with Crippen LogP contribution in [-0.4, -0.2) is 183 Å². The Kier molecular flexibility index (Phi) is 28.4. The summed E-state index contributed by atoms with van der Waals surface area (Å²) >= 11 is 0. The summed E-state index contributed by atoms with van der Waals surface area (Å²) in [5.74, 6) is -3.06. The number of rotatable bonds is 28. The molecule has 104 heavy (non-hydrogen) atoms. The molecule has 572 valence electrons. The summed E-state index contributed by atoms with van der Waals surface area (Å²) in [7, 11) is -33.5. The van der Waals surface area contributed by atoms with Gasteiger partial charge in [-0.1, -0.05) is 70.9 Å². The van der Waals surface area contributed by atoms with Crippen LogP contribution in [0.3, 0.4) is 0 Å². The van der Waals surface area contributed by atoms with Gasteiger partial charge in [0, 0.05) is 108 Å². The molecule has 4 aromatic carbocycles. The first-order chi connectivity index (χ1) is 47.6. The van der Waals surface area contributed by atoms with E-state index in [0.717, 1.165) is 22.8 Å². The second kappa shape index (κ2) is 33.9. The summed E-state index contributed by atoms with van der Waals surface area (Å²) in [4.78, 5) is 24.9. The van der Waals surface area contributed by atoms with Crippen molar-refractivity contribution in [1.82, 2.24) is 0 Å². The van der Waals surface area contributed by atoms with Crippen molar-refractivity contribution in [3.63, 3.8) is 0 Å². The van der Waals surface area contributed by atoms with Crippen molar-refractivity contribution in [1.29, 1.82) is 0 Å². The third-order valence-corrected chi connectivity index (χ3v) is 22.8. The number of aliphatic carboxylic acids is 2. The molecule has 0 spiro atoms. The molecule has 0 saturated carbocycles. The van der Waals surface area contributed by atoms with Crippen molar-refractivity contribution < 1.29 is 132 Å². The molecule has 0 atom stereocenters. The third kappa shape index (κ3) is 22.3. The van der Waals surface area contributed by atoms with E-state index in [1.165, 1.54) is 48.5 Å². The van der Waals surface area contributed by atoms with Crippen LogP contribution in [0.25, 0.3) is 0 Å². The fourth-order valence-electron chi connectivity index (χ4n) is 13.2. The van der Waals surface area contributed by atoms with Crippen LogP contribution in [0.2, 0.25) is 0 Å². The van der Waals surface area contributed by atoms with Crippen molar-refractivity contribution in [2.45, 2.75) is 161 Å². The largest absolute Gasteiger partial charge is 0.748 e. The zero-order chi connectivity index (χ0) is 78.9. The molecular weight excluding hydrogens is 1530 g/mol. The average molecular weight is 1610 g/mol. The monoisotopic (exact) mass is 1610 g/mol. The number of nitrogens with zero attached hydrogens (tertiary/aromatic N) is 4. The Morgan fingerprint density at radius 2 is 0.837 bits per heavy atom. The maximum Gasteiger partial charge on any atom is 0.425 e. The molecule has 0 fully saturated rings. The molecule has 6 N–H and O–H groups in total. The molecule has 0 aliphatic carbocycles. The molecule has 4 aromatic rings. The smallest absolute Gasteiger partial charge is 0.425 e. The highest BCUT2D eigenvalue weighted by atomic mass is 32.2. The lowest BCUT2D eigenvalue weighted by molar-refractivity contribution is -0.440. The van der Waals surface area contributed by atoms with Crippen LogP contribution in [0.4, 0.5) is 22.7 Å². The Hall–Kier alpha value is -7.58. The molecule has 0 aromatic heterocycles. The van der Waals surface area contributed by atoms with Crippen molar-refractivity contribution in [3.05, 3.63) is 143 Å². The van der Waals surface area contributed by atoms with E-state index in [4.69, 9.17) is 35.5 Å². The van der Waals surface area contributed by atoms with E-state index >= 15 is 0 Å². The van der Waals surface area contributed by atoms with Gasteiger partial charge in [0.2, 0.25) is 11.4 Å². The van der Waals surface area contributed by atoms with E-state index in [9.17, 15) is 87.4 Å².